The lowest BCUT2D eigenvalue weighted by Gasteiger charge is -2.13. The number of carbonyl (C=O) groups is 2. The van der Waals surface area contributed by atoms with Crippen LogP contribution in [0, 0.1) is 0 Å². The number of halogens is 2. The quantitative estimate of drug-likeness (QED) is 0.446. The number of rotatable bonds is 7. The van der Waals surface area contributed by atoms with Crippen molar-refractivity contribution in [2.75, 3.05) is 13.2 Å². The van der Waals surface area contributed by atoms with Crippen molar-refractivity contribution < 1.29 is 19.4 Å². The van der Waals surface area contributed by atoms with Gasteiger partial charge in [-0.2, -0.15) is 0 Å². The highest BCUT2D eigenvalue weighted by atomic mass is 79.9. The zero-order valence-electron chi connectivity index (χ0n) is 13.3. The van der Waals surface area contributed by atoms with Crippen molar-refractivity contribution in [1.29, 1.82) is 0 Å². The lowest BCUT2D eigenvalue weighted by Crippen LogP contribution is -2.25. The van der Waals surface area contributed by atoms with E-state index in [1.54, 1.807) is 6.07 Å². The van der Waals surface area contributed by atoms with Crippen molar-refractivity contribution in [2.45, 2.75) is 6.16 Å². The topological polar surface area (TPSA) is 75.6 Å². The summed E-state index contributed by atoms with van der Waals surface area (Å²) < 4.78 is 7.45. The molecule has 0 aliphatic heterocycles. The number of aldehydes is 1. The third kappa shape index (κ3) is 5.27. The Bertz CT molecular complexity index is 775. The summed E-state index contributed by atoms with van der Waals surface area (Å²) in [6.07, 6.45) is 1.56. The highest BCUT2D eigenvalue weighted by Crippen LogP contribution is 2.39. The molecule has 0 spiro atoms. The normalized spacial score (nSPS) is 10.8. The van der Waals surface area contributed by atoms with E-state index in [-0.39, 0.29) is 17.9 Å². The van der Waals surface area contributed by atoms with Gasteiger partial charge in [-0.1, -0.05) is 0 Å². The zero-order valence-corrected chi connectivity index (χ0v) is 17.5. The lowest BCUT2D eigenvalue weighted by atomic mass is 10.1. The number of benzene rings is 2. The predicted molar refractivity (Wildman–Crippen MR) is 106 cm³/mol. The number of carbonyl (C=O) groups excluding carboxylic acids is 2. The van der Waals surface area contributed by atoms with E-state index in [0.29, 0.717) is 17.8 Å². The van der Waals surface area contributed by atoms with Crippen LogP contribution in [0.2, 0.25) is 0 Å². The number of amides is 1. The summed E-state index contributed by atoms with van der Waals surface area (Å²) in [5, 5.41) is 12.2. The molecule has 1 atom stereocenters. The number of ether oxygens (including phenoxy) is 1. The molecule has 2 rings (SSSR count). The molecule has 0 aliphatic rings. The summed E-state index contributed by atoms with van der Waals surface area (Å²) in [6.45, 7) is 2.01. The van der Waals surface area contributed by atoms with Gasteiger partial charge in [-0.25, -0.2) is 0 Å². The summed E-state index contributed by atoms with van der Waals surface area (Å²) >= 11 is 7.00. The van der Waals surface area contributed by atoms with E-state index in [2.05, 4.69) is 43.8 Å². The molecule has 1 amide bonds. The molecule has 5 nitrogen and oxygen atoms in total. The molecule has 0 saturated heterocycles. The number of phenolic OH excluding ortho intramolecular Hbond substituents is 1. The maximum absolute atomic E-state index is 12.0. The van der Waals surface area contributed by atoms with Crippen molar-refractivity contribution in [3.63, 3.8) is 0 Å². The Morgan fingerprint density at radius 2 is 1.96 bits per heavy atom. The maximum atomic E-state index is 12.0. The van der Waals surface area contributed by atoms with E-state index in [4.69, 9.17) is 4.74 Å². The number of hydrogen-bond donors (Lipinski definition) is 2. The number of phenols is 1. The molecular weight excluding hydrogens is 473 g/mol. The molecule has 0 saturated carbocycles. The van der Waals surface area contributed by atoms with E-state index in [1.165, 1.54) is 17.7 Å². The van der Waals surface area contributed by atoms with Crippen LogP contribution in [-0.4, -0.2) is 30.5 Å². The molecule has 1 unspecified atom stereocenters. The number of aromatic hydroxyl groups is 1. The minimum atomic E-state index is -0.549. The van der Waals surface area contributed by atoms with Crippen molar-refractivity contribution in [1.82, 2.24) is 5.32 Å². The molecule has 0 heterocycles. The van der Waals surface area contributed by atoms with Crippen LogP contribution < -0.4 is 10.1 Å². The van der Waals surface area contributed by atoms with E-state index in [9.17, 15) is 14.7 Å². The maximum Gasteiger partial charge on any atom is 0.255 e. The Morgan fingerprint density at radius 1 is 1.28 bits per heavy atom. The minimum Gasteiger partial charge on any atom is -0.507 e. The van der Waals surface area contributed by atoms with Gasteiger partial charge in [0.2, 0.25) is 0 Å². The van der Waals surface area contributed by atoms with Gasteiger partial charge in [0.25, 0.3) is 5.91 Å². The Labute approximate surface area is 164 Å². The first-order chi connectivity index (χ1) is 12.0. The van der Waals surface area contributed by atoms with E-state index >= 15 is 0 Å². The largest absolute Gasteiger partial charge is 0.507 e. The standard InChI is InChI=1S/C17H16Br2NO4P/c1-25-9-10-6-13(18)16(14(19)7-10)24-11-2-3-15(22)12(8-11)17(23)20-4-5-21/h2-3,5-8,22,25H,4,9H2,1H3,(H,20,23). The summed E-state index contributed by atoms with van der Waals surface area (Å²) in [5.41, 5.74) is 1.22. The second kappa shape index (κ2) is 9.32. The van der Waals surface area contributed by atoms with Gasteiger partial charge in [-0.05, 0) is 80.6 Å². The van der Waals surface area contributed by atoms with Crippen molar-refractivity contribution >= 4 is 52.6 Å². The minimum absolute atomic E-state index is 0.0374. The summed E-state index contributed by atoms with van der Waals surface area (Å²) in [5.74, 6) is 0.231. The number of hydrogen-bond acceptors (Lipinski definition) is 4. The molecule has 0 aliphatic carbocycles. The van der Waals surface area contributed by atoms with Crippen LogP contribution in [-0.2, 0) is 11.0 Å². The fraction of sp³-hybridized carbons (Fsp3) is 0.176. The Hall–Kier alpha value is -1.43. The van der Waals surface area contributed by atoms with Crippen LogP contribution in [0.25, 0.3) is 0 Å². The van der Waals surface area contributed by atoms with Gasteiger partial charge >= 0.3 is 0 Å². The van der Waals surface area contributed by atoms with Crippen LogP contribution in [0.15, 0.2) is 39.3 Å². The fourth-order valence-electron chi connectivity index (χ4n) is 2.12. The van der Waals surface area contributed by atoms with Gasteiger partial charge < -0.3 is 20.0 Å². The van der Waals surface area contributed by atoms with E-state index in [1.807, 2.05) is 12.1 Å². The monoisotopic (exact) mass is 487 g/mol. The van der Waals surface area contributed by atoms with Crippen LogP contribution in [0.4, 0.5) is 0 Å². The smallest absolute Gasteiger partial charge is 0.255 e. The fourth-order valence-corrected chi connectivity index (χ4v) is 4.18. The molecule has 132 valence electrons. The molecule has 25 heavy (non-hydrogen) atoms. The van der Waals surface area contributed by atoms with Crippen LogP contribution >= 0.6 is 40.4 Å². The highest BCUT2D eigenvalue weighted by molar-refractivity contribution is 9.11. The molecular formula is C17H16Br2NO4P. The van der Waals surface area contributed by atoms with Crippen LogP contribution in [0.5, 0.6) is 17.2 Å². The van der Waals surface area contributed by atoms with E-state index in [0.717, 1.165) is 23.7 Å². The Balaban J connectivity index is 2.29. The van der Waals surface area contributed by atoms with Gasteiger partial charge in [0.1, 0.15) is 17.8 Å². The van der Waals surface area contributed by atoms with Crippen molar-refractivity contribution in [3.05, 3.63) is 50.4 Å². The molecule has 0 bridgehead atoms. The zero-order chi connectivity index (χ0) is 18.4. The number of nitrogens with one attached hydrogen (secondary N) is 1. The molecule has 0 aromatic heterocycles. The molecule has 8 heteroatoms. The SMILES string of the molecule is CPCc1cc(Br)c(Oc2ccc(O)c(C(=O)NCC=O)c2)c(Br)c1. The molecule has 2 aromatic rings. The van der Waals surface area contributed by atoms with Gasteiger partial charge in [-0.15, -0.1) is 8.58 Å². The van der Waals surface area contributed by atoms with Gasteiger partial charge in [-0.3, -0.25) is 4.79 Å². The van der Waals surface area contributed by atoms with Gasteiger partial charge in [0.15, 0.2) is 5.75 Å². The average Bonchev–Trinajstić information content (AvgIpc) is 2.57. The van der Waals surface area contributed by atoms with Crippen molar-refractivity contribution in [2.24, 2.45) is 0 Å². The molecule has 0 fully saturated rings. The lowest BCUT2D eigenvalue weighted by molar-refractivity contribution is -0.107. The average molecular weight is 489 g/mol. The third-order valence-electron chi connectivity index (χ3n) is 3.22. The molecule has 0 radical (unpaired) electrons. The third-order valence-corrected chi connectivity index (χ3v) is 5.16. The highest BCUT2D eigenvalue weighted by Gasteiger charge is 2.15. The molecule has 2 N–H and O–H groups in total. The Kier molecular flexibility index (Phi) is 7.41. The van der Waals surface area contributed by atoms with Crippen LogP contribution in [0.3, 0.4) is 0 Å². The van der Waals surface area contributed by atoms with Gasteiger partial charge in [0, 0.05) is 0 Å². The molecule has 2 aromatic carbocycles. The first-order valence-electron chi connectivity index (χ1n) is 7.31. The second-order valence-corrected chi connectivity index (χ2v) is 7.85. The first-order valence-corrected chi connectivity index (χ1v) is 10.6. The first kappa shape index (κ1) is 19.9. The summed E-state index contributed by atoms with van der Waals surface area (Å²) in [7, 11) is 0.812. The van der Waals surface area contributed by atoms with E-state index < -0.39 is 5.91 Å². The second-order valence-electron chi connectivity index (χ2n) is 5.08. The van der Waals surface area contributed by atoms with Gasteiger partial charge in [0.05, 0.1) is 21.1 Å². The summed E-state index contributed by atoms with van der Waals surface area (Å²) in [4.78, 5) is 22.3. The van der Waals surface area contributed by atoms with Crippen LogP contribution in [0.1, 0.15) is 15.9 Å². The predicted octanol–water partition coefficient (Wildman–Crippen LogP) is 4.45. The van der Waals surface area contributed by atoms with Crippen molar-refractivity contribution in [3.8, 4) is 17.2 Å². The summed E-state index contributed by atoms with van der Waals surface area (Å²) in [6, 6.07) is 8.35. The Morgan fingerprint density at radius 3 is 2.56 bits per heavy atom.